The second-order valence-corrected chi connectivity index (χ2v) is 21.1. The van der Waals surface area contributed by atoms with Gasteiger partial charge in [-0.05, 0) is 141 Å². The first kappa shape index (κ1) is 39.0. The summed E-state index contributed by atoms with van der Waals surface area (Å²) in [4.78, 5) is 0. The Bertz CT molecular complexity index is 957. The topological polar surface area (TPSA) is 85.8 Å². The van der Waals surface area contributed by atoms with Crippen LogP contribution in [0.5, 0.6) is 0 Å². The third-order valence-corrected chi connectivity index (χ3v) is 14.9. The van der Waals surface area contributed by atoms with Crippen molar-refractivity contribution in [2.75, 3.05) is 6.61 Å². The first-order valence-corrected chi connectivity index (χ1v) is 20.6. The molecule has 5 fully saturated rings. The van der Waals surface area contributed by atoms with Crippen LogP contribution in [0.3, 0.4) is 0 Å². The average Bonchev–Trinajstić information content (AvgIpc) is 3.01. The van der Waals surface area contributed by atoms with Crippen molar-refractivity contribution in [3.8, 4) is 0 Å². The minimum Gasteiger partial charge on any atom is -0.393 e. The third kappa shape index (κ3) is 9.21. The fourth-order valence-corrected chi connectivity index (χ4v) is 11.1. The zero-order valence-electron chi connectivity index (χ0n) is 33.2. The largest absolute Gasteiger partial charge is 0.393 e. The molecule has 6 nitrogen and oxygen atoms in total. The Morgan fingerprint density at radius 3 is 1.50 bits per heavy atom. The Kier molecular flexibility index (Phi) is 12.5. The van der Waals surface area contributed by atoms with Crippen molar-refractivity contribution < 1.29 is 14.9 Å². The lowest BCUT2D eigenvalue weighted by atomic mass is 9.61. The molecule has 1 heterocycles. The molecule has 5 N–H and O–H groups in total. The Labute approximate surface area is 296 Å². The van der Waals surface area contributed by atoms with Gasteiger partial charge >= 0.3 is 0 Å². The number of ether oxygens (including phenoxy) is 1. The average molecular weight is 674 g/mol. The normalized spacial score (nSPS) is 45.6. The maximum Gasteiger partial charge on any atom is 0.0649 e. The van der Waals surface area contributed by atoms with Gasteiger partial charge in [-0.3, -0.25) is 16.0 Å². The highest BCUT2D eigenvalue weighted by Gasteiger charge is 2.47. The summed E-state index contributed by atoms with van der Waals surface area (Å²) in [5, 5.41) is 35.2. The van der Waals surface area contributed by atoms with Crippen LogP contribution in [0, 0.1) is 69.5 Å². The number of nitrogens with one attached hydrogen (secondary N) is 3. The summed E-state index contributed by atoms with van der Waals surface area (Å²) in [5.74, 6) is 4.56. The number of hydrogen-bond donors (Lipinski definition) is 5. The van der Waals surface area contributed by atoms with Gasteiger partial charge in [0.05, 0.1) is 43.4 Å². The maximum atomic E-state index is 11.7. The third-order valence-electron chi connectivity index (χ3n) is 14.9. The highest BCUT2D eigenvalue weighted by Crippen LogP contribution is 2.47. The Morgan fingerprint density at radius 2 is 1.06 bits per heavy atom. The van der Waals surface area contributed by atoms with E-state index in [2.05, 4.69) is 92.1 Å². The summed E-state index contributed by atoms with van der Waals surface area (Å²) in [6.07, 6.45) is 14.4. The highest BCUT2D eigenvalue weighted by atomic mass is 16.5. The van der Waals surface area contributed by atoms with Gasteiger partial charge in [0.2, 0.25) is 0 Å². The monoisotopic (exact) mass is 674 g/mol. The standard InChI is InChI=1S/C42H79N3O3/c1-25-22-34(42(9,10)11)36(47)26(2)33(25)24-48-31-20-21-32(35(46)23-31)39-44-37(27-12-16-29(17-13-27)40(3,4)5)43-38(45-39)28-14-18-30(19-15-28)41(6,7)8/h25-39,43-47H,12-24H2,1-11H3. The molecule has 280 valence electrons. The predicted octanol–water partition coefficient (Wildman–Crippen LogP) is 8.31. The van der Waals surface area contributed by atoms with Crippen molar-refractivity contribution in [2.45, 2.75) is 190 Å². The van der Waals surface area contributed by atoms with E-state index in [-0.39, 0.29) is 41.7 Å². The van der Waals surface area contributed by atoms with E-state index in [9.17, 15) is 10.2 Å². The molecule has 48 heavy (non-hydrogen) atoms. The van der Waals surface area contributed by atoms with Crippen molar-refractivity contribution in [3.63, 3.8) is 0 Å². The van der Waals surface area contributed by atoms with E-state index in [0.29, 0.717) is 65.8 Å². The molecule has 0 aromatic carbocycles. The fourth-order valence-electron chi connectivity index (χ4n) is 11.1. The molecule has 10 atom stereocenters. The van der Waals surface area contributed by atoms with Gasteiger partial charge in [0.25, 0.3) is 0 Å². The second-order valence-electron chi connectivity index (χ2n) is 21.1. The summed E-state index contributed by atoms with van der Waals surface area (Å²) in [7, 11) is 0. The van der Waals surface area contributed by atoms with Gasteiger partial charge in [-0.1, -0.05) is 76.2 Å². The first-order chi connectivity index (χ1) is 22.3. The van der Waals surface area contributed by atoms with E-state index in [1.165, 1.54) is 51.4 Å². The molecule has 10 unspecified atom stereocenters. The zero-order chi connectivity index (χ0) is 35.2. The number of aliphatic hydroxyl groups is 2. The molecule has 4 saturated carbocycles. The van der Waals surface area contributed by atoms with Crippen LogP contribution in [-0.2, 0) is 4.74 Å². The van der Waals surface area contributed by atoms with E-state index < -0.39 is 0 Å². The SMILES string of the molecule is CC1CC(C(C)(C)C)C(O)C(C)C1COC1CCC(C2NC(C3CCC(C(C)(C)C)CC3)NC(C3CCC(C(C)(C)C)CC3)N2)C(O)C1. The van der Waals surface area contributed by atoms with Crippen LogP contribution in [0.15, 0.2) is 0 Å². The quantitative estimate of drug-likeness (QED) is 0.195. The van der Waals surface area contributed by atoms with E-state index >= 15 is 0 Å². The van der Waals surface area contributed by atoms with Gasteiger partial charge in [-0.25, -0.2) is 0 Å². The van der Waals surface area contributed by atoms with Gasteiger partial charge in [0.15, 0.2) is 0 Å². The lowest BCUT2D eigenvalue weighted by molar-refractivity contribution is -0.114. The zero-order valence-corrected chi connectivity index (χ0v) is 33.2. The number of rotatable bonds is 6. The summed E-state index contributed by atoms with van der Waals surface area (Å²) in [6, 6.07) is 0. The summed E-state index contributed by atoms with van der Waals surface area (Å²) < 4.78 is 6.62. The molecule has 6 heteroatoms. The van der Waals surface area contributed by atoms with E-state index in [0.717, 1.165) is 31.1 Å². The predicted molar refractivity (Wildman–Crippen MR) is 199 cm³/mol. The van der Waals surface area contributed by atoms with Crippen LogP contribution < -0.4 is 16.0 Å². The minimum absolute atomic E-state index is 0.0989. The Balaban J connectivity index is 1.20. The minimum atomic E-state index is -0.376. The van der Waals surface area contributed by atoms with E-state index in [4.69, 9.17) is 4.74 Å². The maximum absolute atomic E-state index is 11.7. The van der Waals surface area contributed by atoms with Crippen molar-refractivity contribution in [2.24, 2.45) is 69.5 Å². The molecule has 5 rings (SSSR count). The van der Waals surface area contributed by atoms with Gasteiger partial charge in [0, 0.05) is 5.92 Å². The molecular formula is C42H79N3O3. The molecule has 0 bridgehead atoms. The summed E-state index contributed by atoms with van der Waals surface area (Å²) >= 11 is 0. The first-order valence-electron chi connectivity index (χ1n) is 20.6. The highest BCUT2D eigenvalue weighted by molar-refractivity contribution is 4.99. The van der Waals surface area contributed by atoms with Crippen LogP contribution >= 0.6 is 0 Å². The van der Waals surface area contributed by atoms with Crippen LogP contribution in [0.1, 0.15) is 153 Å². The summed E-state index contributed by atoms with van der Waals surface area (Å²) in [5.41, 5.74) is 0.898. The fraction of sp³-hybridized carbons (Fsp3) is 1.00. The Morgan fingerprint density at radius 1 is 0.583 bits per heavy atom. The smallest absolute Gasteiger partial charge is 0.0649 e. The van der Waals surface area contributed by atoms with Crippen molar-refractivity contribution in [1.82, 2.24) is 16.0 Å². The van der Waals surface area contributed by atoms with Gasteiger partial charge in [-0.2, -0.15) is 0 Å². The van der Waals surface area contributed by atoms with Gasteiger partial charge in [-0.15, -0.1) is 0 Å². The van der Waals surface area contributed by atoms with Crippen molar-refractivity contribution in [1.29, 1.82) is 0 Å². The molecule has 0 spiro atoms. The van der Waals surface area contributed by atoms with Crippen molar-refractivity contribution in [3.05, 3.63) is 0 Å². The van der Waals surface area contributed by atoms with Crippen LogP contribution in [-0.4, -0.2) is 53.6 Å². The molecule has 0 aromatic rings. The van der Waals surface area contributed by atoms with Crippen molar-refractivity contribution >= 4 is 0 Å². The molecule has 1 aliphatic heterocycles. The lowest BCUT2D eigenvalue weighted by Gasteiger charge is -2.51. The summed E-state index contributed by atoms with van der Waals surface area (Å²) in [6.45, 7) is 26.6. The number of aliphatic hydroxyl groups excluding tert-OH is 2. The van der Waals surface area contributed by atoms with E-state index in [1.807, 2.05) is 0 Å². The van der Waals surface area contributed by atoms with Crippen LogP contribution in [0.2, 0.25) is 0 Å². The van der Waals surface area contributed by atoms with Crippen LogP contribution in [0.25, 0.3) is 0 Å². The second kappa shape index (κ2) is 15.4. The molecule has 5 aliphatic rings. The van der Waals surface area contributed by atoms with Crippen LogP contribution in [0.4, 0.5) is 0 Å². The van der Waals surface area contributed by atoms with Gasteiger partial charge < -0.3 is 14.9 Å². The molecule has 0 radical (unpaired) electrons. The molecule has 4 aliphatic carbocycles. The molecule has 1 saturated heterocycles. The molecular weight excluding hydrogens is 594 g/mol. The van der Waals surface area contributed by atoms with Gasteiger partial charge in [0.1, 0.15) is 0 Å². The molecule has 0 aromatic heterocycles. The molecule has 0 amide bonds. The lowest BCUT2D eigenvalue weighted by Crippen LogP contribution is -2.73. The number of hydrogen-bond acceptors (Lipinski definition) is 6. The Hall–Kier alpha value is -0.240. The van der Waals surface area contributed by atoms with E-state index in [1.54, 1.807) is 0 Å².